The number of hydrogen-bond donors (Lipinski definition) is 1. The summed E-state index contributed by atoms with van der Waals surface area (Å²) in [5.74, 6) is 0.291. The van der Waals surface area contributed by atoms with Gasteiger partial charge in [0.15, 0.2) is 0 Å². The van der Waals surface area contributed by atoms with Crippen molar-refractivity contribution in [3.8, 4) is 0 Å². The Morgan fingerprint density at radius 3 is 2.30 bits per heavy atom. The molecule has 0 amide bonds. The zero-order valence-corrected chi connectivity index (χ0v) is 14.9. The molecule has 0 unspecified atom stereocenters. The van der Waals surface area contributed by atoms with E-state index in [1.165, 1.54) is 18.2 Å². The Morgan fingerprint density at radius 1 is 1.25 bits per heavy atom. The van der Waals surface area contributed by atoms with Crippen molar-refractivity contribution in [1.82, 2.24) is 0 Å². The molecule has 9 heteroatoms. The average molecular weight is 405 g/mol. The fraction of sp³-hybridized carbons (Fsp3) is 0.455. The normalized spacial score (nSPS) is 12.7. The van der Waals surface area contributed by atoms with Crippen LogP contribution in [0, 0.1) is 5.92 Å². The monoisotopic (exact) mass is 403 g/mol. The largest absolute Gasteiger partial charge is 0.284 e. The number of nitrogens with one attached hydrogen (secondary N) is 1. The van der Waals surface area contributed by atoms with Gasteiger partial charge in [-0.3, -0.25) is 4.72 Å². The molecule has 0 radical (unpaired) electrons. The zero-order chi connectivity index (χ0) is 15.6. The van der Waals surface area contributed by atoms with Crippen LogP contribution in [0.25, 0.3) is 0 Å². The van der Waals surface area contributed by atoms with Gasteiger partial charge in [0.1, 0.15) is 0 Å². The van der Waals surface area contributed by atoms with Crippen LogP contribution < -0.4 is 4.72 Å². The maximum Gasteiger partial charge on any atom is 0.262 e. The molecule has 0 saturated carbocycles. The van der Waals surface area contributed by atoms with Crippen molar-refractivity contribution in [2.24, 2.45) is 5.92 Å². The number of sulfonamides is 1. The summed E-state index contributed by atoms with van der Waals surface area (Å²) < 4.78 is 48.7. The van der Waals surface area contributed by atoms with Gasteiger partial charge < -0.3 is 0 Å². The van der Waals surface area contributed by atoms with Crippen molar-refractivity contribution >= 4 is 51.4 Å². The van der Waals surface area contributed by atoms with Crippen LogP contribution in [-0.2, 0) is 19.1 Å². The molecule has 1 N–H and O–H groups in total. The van der Waals surface area contributed by atoms with Crippen LogP contribution >= 0.6 is 26.6 Å². The number of benzene rings is 1. The molecular weight excluding hydrogens is 390 g/mol. The second-order valence-electron chi connectivity index (χ2n) is 4.69. The third-order valence-electron chi connectivity index (χ3n) is 2.43. The van der Waals surface area contributed by atoms with Crippen molar-refractivity contribution in [2.45, 2.75) is 25.2 Å². The first-order valence-electron chi connectivity index (χ1n) is 5.76. The van der Waals surface area contributed by atoms with Crippen LogP contribution in [0.4, 0.5) is 5.69 Å². The SMILES string of the molecule is CC(C)CCS(=O)(=O)Nc1ccc(S(=O)(=O)Cl)c(Br)c1. The molecule has 20 heavy (non-hydrogen) atoms. The van der Waals surface area contributed by atoms with Gasteiger partial charge in [0.2, 0.25) is 10.0 Å². The third kappa shape index (κ3) is 5.59. The molecule has 0 atom stereocenters. The number of hydrogen-bond acceptors (Lipinski definition) is 4. The third-order valence-corrected chi connectivity index (χ3v) is 6.05. The van der Waals surface area contributed by atoms with E-state index in [9.17, 15) is 16.8 Å². The van der Waals surface area contributed by atoms with Crippen molar-refractivity contribution in [2.75, 3.05) is 10.5 Å². The van der Waals surface area contributed by atoms with Crippen LogP contribution in [0.15, 0.2) is 27.6 Å². The van der Waals surface area contributed by atoms with E-state index in [2.05, 4.69) is 20.7 Å². The molecule has 0 saturated heterocycles. The molecule has 0 bridgehead atoms. The van der Waals surface area contributed by atoms with E-state index in [4.69, 9.17) is 10.7 Å². The summed E-state index contributed by atoms with van der Waals surface area (Å²) in [5.41, 5.74) is 0.282. The molecule has 1 aromatic rings. The van der Waals surface area contributed by atoms with Crippen molar-refractivity contribution < 1.29 is 16.8 Å². The molecule has 0 aliphatic heterocycles. The van der Waals surface area contributed by atoms with Crippen molar-refractivity contribution in [3.05, 3.63) is 22.7 Å². The Hall–Kier alpha value is -0.310. The fourth-order valence-corrected chi connectivity index (χ4v) is 4.98. The quantitative estimate of drug-likeness (QED) is 0.738. The number of anilines is 1. The van der Waals surface area contributed by atoms with E-state index in [0.717, 1.165) is 0 Å². The smallest absolute Gasteiger partial charge is 0.262 e. The molecule has 1 aromatic carbocycles. The first kappa shape index (κ1) is 17.7. The lowest BCUT2D eigenvalue weighted by Gasteiger charge is -2.10. The molecule has 0 aliphatic rings. The summed E-state index contributed by atoms with van der Waals surface area (Å²) in [6.45, 7) is 3.87. The Morgan fingerprint density at radius 2 is 1.85 bits per heavy atom. The molecule has 0 aromatic heterocycles. The van der Waals surface area contributed by atoms with Gasteiger partial charge in [0, 0.05) is 20.8 Å². The molecule has 5 nitrogen and oxygen atoms in total. The Labute approximate surface area is 132 Å². The molecule has 0 heterocycles. The van der Waals surface area contributed by atoms with Crippen molar-refractivity contribution in [1.29, 1.82) is 0 Å². The van der Waals surface area contributed by atoms with E-state index in [1.807, 2.05) is 13.8 Å². The summed E-state index contributed by atoms with van der Waals surface area (Å²) in [7, 11) is -2.08. The summed E-state index contributed by atoms with van der Waals surface area (Å²) in [4.78, 5) is -0.107. The average Bonchev–Trinajstić information content (AvgIpc) is 2.24. The number of rotatable bonds is 6. The topological polar surface area (TPSA) is 80.3 Å². The van der Waals surface area contributed by atoms with Crippen LogP contribution in [-0.4, -0.2) is 22.6 Å². The molecule has 114 valence electrons. The van der Waals surface area contributed by atoms with Gasteiger partial charge in [-0.2, -0.15) is 0 Å². The second-order valence-corrected chi connectivity index (χ2v) is 9.92. The fourth-order valence-electron chi connectivity index (χ4n) is 1.38. The molecule has 0 spiro atoms. The van der Waals surface area contributed by atoms with Gasteiger partial charge in [-0.25, -0.2) is 16.8 Å². The van der Waals surface area contributed by atoms with E-state index in [1.54, 1.807) is 0 Å². The molecule has 0 aliphatic carbocycles. The van der Waals surface area contributed by atoms with Crippen LogP contribution in [0.3, 0.4) is 0 Å². The van der Waals surface area contributed by atoms with Gasteiger partial charge >= 0.3 is 0 Å². The van der Waals surface area contributed by atoms with E-state index >= 15 is 0 Å². The predicted molar refractivity (Wildman–Crippen MR) is 84.0 cm³/mol. The molecule has 0 fully saturated rings. The summed E-state index contributed by atoms with van der Waals surface area (Å²) in [6.07, 6.45) is 0.546. The minimum atomic E-state index is -3.87. The highest BCUT2D eigenvalue weighted by molar-refractivity contribution is 9.10. The Kier molecular flexibility index (Phi) is 5.89. The van der Waals surface area contributed by atoms with E-state index < -0.39 is 19.1 Å². The highest BCUT2D eigenvalue weighted by Crippen LogP contribution is 2.28. The minimum absolute atomic E-state index is 0.0117. The standard InChI is InChI=1S/C11H15BrClNO4S2/c1-8(2)5-6-19(15,16)14-9-3-4-11(10(12)7-9)20(13,17)18/h3-4,7-8,14H,5-6H2,1-2H3. The van der Waals surface area contributed by atoms with Gasteiger partial charge in [0.25, 0.3) is 9.05 Å². The number of halogens is 2. The van der Waals surface area contributed by atoms with Gasteiger partial charge in [0.05, 0.1) is 10.6 Å². The maximum absolute atomic E-state index is 11.8. The van der Waals surface area contributed by atoms with E-state index in [0.29, 0.717) is 6.42 Å². The van der Waals surface area contributed by atoms with Gasteiger partial charge in [-0.1, -0.05) is 13.8 Å². The van der Waals surface area contributed by atoms with Crippen LogP contribution in [0.2, 0.25) is 0 Å². The predicted octanol–water partition coefficient (Wildman–Crippen LogP) is 3.16. The minimum Gasteiger partial charge on any atom is -0.284 e. The molecule has 1 rings (SSSR count). The van der Waals surface area contributed by atoms with Crippen molar-refractivity contribution in [3.63, 3.8) is 0 Å². The van der Waals surface area contributed by atoms with Gasteiger partial charge in [-0.05, 0) is 46.5 Å². The van der Waals surface area contributed by atoms with Crippen LogP contribution in [0.1, 0.15) is 20.3 Å². The summed E-state index contributed by atoms with van der Waals surface area (Å²) >= 11 is 3.05. The second kappa shape index (κ2) is 6.64. The van der Waals surface area contributed by atoms with E-state index in [-0.39, 0.29) is 26.7 Å². The van der Waals surface area contributed by atoms with Gasteiger partial charge in [-0.15, -0.1) is 0 Å². The molecular formula is C11H15BrClNO4S2. The summed E-state index contributed by atoms with van der Waals surface area (Å²) in [5, 5.41) is 0. The first-order valence-corrected chi connectivity index (χ1v) is 10.5. The zero-order valence-electron chi connectivity index (χ0n) is 10.9. The maximum atomic E-state index is 11.8. The first-order chi connectivity index (χ1) is 9.01. The highest BCUT2D eigenvalue weighted by Gasteiger charge is 2.16. The highest BCUT2D eigenvalue weighted by atomic mass is 79.9. The lowest BCUT2D eigenvalue weighted by molar-refractivity contribution is 0.578. The Balaban J connectivity index is 2.93. The Bertz CT molecular complexity index is 686. The lowest BCUT2D eigenvalue weighted by Crippen LogP contribution is -2.18. The summed E-state index contributed by atoms with van der Waals surface area (Å²) in [6, 6.07) is 3.96. The lowest BCUT2D eigenvalue weighted by atomic mass is 10.2. The van der Waals surface area contributed by atoms with Crippen LogP contribution in [0.5, 0.6) is 0 Å².